The summed E-state index contributed by atoms with van der Waals surface area (Å²) in [6, 6.07) is 9.62. The van der Waals surface area contributed by atoms with Crippen LogP contribution >= 0.6 is 11.6 Å². The second-order valence-corrected chi connectivity index (χ2v) is 10.5. The lowest BCUT2D eigenvalue weighted by molar-refractivity contribution is -0.124. The lowest BCUT2D eigenvalue weighted by atomic mass is 9.93. The number of piperidine rings is 1. The van der Waals surface area contributed by atoms with Gasteiger partial charge >= 0.3 is 0 Å². The van der Waals surface area contributed by atoms with Crippen LogP contribution in [0.3, 0.4) is 0 Å². The molecule has 4 aromatic rings. The molecule has 0 spiro atoms. The van der Waals surface area contributed by atoms with E-state index in [1.54, 1.807) is 19.2 Å². The van der Waals surface area contributed by atoms with Crippen molar-refractivity contribution in [3.8, 4) is 5.88 Å². The summed E-state index contributed by atoms with van der Waals surface area (Å²) in [4.78, 5) is 31.4. The quantitative estimate of drug-likeness (QED) is 0.170. The topological polar surface area (TPSA) is 100 Å². The van der Waals surface area contributed by atoms with Crippen LogP contribution in [0.15, 0.2) is 61.0 Å². The van der Waals surface area contributed by atoms with Crippen LogP contribution in [-0.4, -0.2) is 53.5 Å². The Morgan fingerprint density at radius 2 is 1.95 bits per heavy atom. The molecular weight excluding hydrogens is 542 g/mol. The zero-order valence-electron chi connectivity index (χ0n) is 23.3. The molecule has 41 heavy (non-hydrogen) atoms. The molecule has 1 saturated heterocycles. The Morgan fingerprint density at radius 3 is 2.71 bits per heavy atom. The number of hydrogen-bond donors (Lipinski definition) is 0. The zero-order valence-corrected chi connectivity index (χ0v) is 24.1. The Hall–Kier alpha value is -4.02. The van der Waals surface area contributed by atoms with Crippen LogP contribution < -0.4 is 4.74 Å². The van der Waals surface area contributed by atoms with E-state index in [0.29, 0.717) is 42.2 Å². The summed E-state index contributed by atoms with van der Waals surface area (Å²) in [7, 11) is 0. The standard InChI is InChI=1S/C30H34ClN7O3/c1-3-37-20-32-15-27(37)17-38-26(13-22(2)41-21-39)16-34-29(38)18-36-11-9-23(10-12-36)28-5-4-6-30(35-28)40-19-25-8-7-24(31)14-33-25/h4-8,13-16,20-21,23H,3,9-12,17-19H2,1-2H3/b22-13+. The first kappa shape index (κ1) is 28.5. The Morgan fingerprint density at radius 1 is 1.10 bits per heavy atom. The molecule has 0 bridgehead atoms. The molecule has 4 aromatic heterocycles. The SMILES string of the molecule is CCn1cncc1Cn1c(/C=C(\C)OC=O)cnc1CN1CCC(c2cccc(OCc3ccc(Cl)cn3)n2)CC1. The number of carbonyl (C=O) groups is 1. The number of nitrogens with zero attached hydrogens (tertiary/aromatic N) is 7. The van der Waals surface area contributed by atoms with Gasteiger partial charge in [0.2, 0.25) is 5.88 Å². The number of aromatic nitrogens is 6. The van der Waals surface area contributed by atoms with Crippen LogP contribution in [0, 0.1) is 0 Å². The summed E-state index contributed by atoms with van der Waals surface area (Å²) in [5.41, 5.74) is 3.83. The summed E-state index contributed by atoms with van der Waals surface area (Å²) in [6.07, 6.45) is 11.0. The van der Waals surface area contributed by atoms with Crippen LogP contribution in [0.2, 0.25) is 5.02 Å². The van der Waals surface area contributed by atoms with E-state index in [4.69, 9.17) is 31.0 Å². The van der Waals surface area contributed by atoms with Gasteiger partial charge in [-0.2, -0.15) is 0 Å². The first-order chi connectivity index (χ1) is 20.0. The van der Waals surface area contributed by atoms with E-state index in [-0.39, 0.29) is 0 Å². The summed E-state index contributed by atoms with van der Waals surface area (Å²) in [6.45, 7) is 8.70. The van der Waals surface area contributed by atoms with E-state index in [0.717, 1.165) is 67.6 Å². The Bertz CT molecular complexity index is 1470. The average Bonchev–Trinajstić information content (AvgIpc) is 3.60. The fraction of sp³-hybridized carbons (Fsp3) is 0.367. The Labute approximate surface area is 244 Å². The fourth-order valence-electron chi connectivity index (χ4n) is 5.06. The molecule has 0 saturated carbocycles. The van der Waals surface area contributed by atoms with Crippen molar-refractivity contribution in [2.24, 2.45) is 0 Å². The lowest BCUT2D eigenvalue weighted by Gasteiger charge is -2.31. The molecule has 5 rings (SSSR count). The van der Waals surface area contributed by atoms with Gasteiger partial charge in [0.05, 0.1) is 47.7 Å². The van der Waals surface area contributed by atoms with Crippen molar-refractivity contribution in [2.75, 3.05) is 13.1 Å². The first-order valence-electron chi connectivity index (χ1n) is 13.8. The normalized spacial score (nSPS) is 14.8. The number of aryl methyl sites for hydroxylation is 1. The summed E-state index contributed by atoms with van der Waals surface area (Å²) >= 11 is 5.92. The largest absolute Gasteiger partial charge is 0.471 e. The number of ether oxygens (including phenoxy) is 2. The molecule has 0 aromatic carbocycles. The van der Waals surface area contributed by atoms with Crippen LogP contribution in [-0.2, 0) is 35.8 Å². The maximum absolute atomic E-state index is 10.8. The molecule has 11 heteroatoms. The van der Waals surface area contributed by atoms with Crippen LogP contribution in [0.4, 0.5) is 0 Å². The maximum Gasteiger partial charge on any atom is 0.298 e. The number of carbonyl (C=O) groups excluding carboxylic acids is 1. The van der Waals surface area contributed by atoms with E-state index in [2.05, 4.69) is 37.0 Å². The molecule has 0 amide bonds. The van der Waals surface area contributed by atoms with Crippen LogP contribution in [0.5, 0.6) is 5.88 Å². The molecule has 1 fully saturated rings. The number of pyridine rings is 2. The van der Waals surface area contributed by atoms with Crippen molar-refractivity contribution in [3.63, 3.8) is 0 Å². The molecule has 1 aliphatic heterocycles. The van der Waals surface area contributed by atoms with Crippen molar-refractivity contribution in [3.05, 3.63) is 94.6 Å². The van der Waals surface area contributed by atoms with Crippen molar-refractivity contribution in [1.29, 1.82) is 0 Å². The molecule has 0 N–H and O–H groups in total. The maximum atomic E-state index is 10.8. The average molecular weight is 576 g/mol. The minimum Gasteiger partial charge on any atom is -0.471 e. The second-order valence-electron chi connectivity index (χ2n) is 10.0. The van der Waals surface area contributed by atoms with Gasteiger partial charge in [-0.25, -0.2) is 15.0 Å². The highest BCUT2D eigenvalue weighted by atomic mass is 35.5. The van der Waals surface area contributed by atoms with Crippen LogP contribution in [0.1, 0.15) is 61.2 Å². The molecular formula is C30H34ClN7O3. The minimum absolute atomic E-state index is 0.343. The minimum atomic E-state index is 0.343. The zero-order chi connectivity index (χ0) is 28.6. The highest BCUT2D eigenvalue weighted by Gasteiger charge is 2.24. The van der Waals surface area contributed by atoms with Gasteiger partial charge in [-0.3, -0.25) is 14.7 Å². The smallest absolute Gasteiger partial charge is 0.298 e. The van der Waals surface area contributed by atoms with Crippen LogP contribution in [0.25, 0.3) is 6.08 Å². The molecule has 1 aliphatic rings. The molecule has 0 unspecified atom stereocenters. The summed E-state index contributed by atoms with van der Waals surface area (Å²) in [5.74, 6) is 2.44. The van der Waals surface area contributed by atoms with Gasteiger partial charge in [0.1, 0.15) is 18.2 Å². The van der Waals surface area contributed by atoms with Crippen molar-refractivity contribution < 1.29 is 14.3 Å². The number of imidazole rings is 2. The molecule has 0 radical (unpaired) electrons. The molecule has 0 atom stereocenters. The van der Waals surface area contributed by atoms with E-state index < -0.39 is 0 Å². The van der Waals surface area contributed by atoms with Crippen molar-refractivity contribution in [1.82, 2.24) is 34.0 Å². The van der Waals surface area contributed by atoms with E-state index in [1.165, 1.54) is 0 Å². The predicted octanol–water partition coefficient (Wildman–Crippen LogP) is 5.08. The van der Waals surface area contributed by atoms with Crippen molar-refractivity contribution in [2.45, 2.75) is 58.8 Å². The van der Waals surface area contributed by atoms with E-state index in [9.17, 15) is 4.79 Å². The second kappa shape index (κ2) is 13.6. The number of hydrogen-bond acceptors (Lipinski definition) is 8. The van der Waals surface area contributed by atoms with Gasteiger partial charge in [0, 0.05) is 42.7 Å². The molecule has 5 heterocycles. The van der Waals surface area contributed by atoms with E-state index in [1.807, 2.05) is 43.0 Å². The van der Waals surface area contributed by atoms with Gasteiger partial charge in [0.15, 0.2) is 0 Å². The number of allylic oxidation sites excluding steroid dienone is 1. The third-order valence-corrected chi connectivity index (χ3v) is 7.51. The molecule has 0 aliphatic carbocycles. The highest BCUT2D eigenvalue weighted by molar-refractivity contribution is 6.30. The number of halogens is 1. The molecule has 10 nitrogen and oxygen atoms in total. The van der Waals surface area contributed by atoms with Gasteiger partial charge < -0.3 is 18.6 Å². The lowest BCUT2D eigenvalue weighted by Crippen LogP contribution is -2.33. The van der Waals surface area contributed by atoms with Crippen molar-refractivity contribution >= 4 is 24.1 Å². The van der Waals surface area contributed by atoms with E-state index >= 15 is 0 Å². The Kier molecular flexibility index (Phi) is 9.43. The summed E-state index contributed by atoms with van der Waals surface area (Å²) in [5, 5.41) is 0.602. The van der Waals surface area contributed by atoms with Gasteiger partial charge in [-0.05, 0) is 58.0 Å². The molecule has 214 valence electrons. The fourth-order valence-corrected chi connectivity index (χ4v) is 5.17. The predicted molar refractivity (Wildman–Crippen MR) is 155 cm³/mol. The van der Waals surface area contributed by atoms with Gasteiger partial charge in [-0.1, -0.05) is 17.7 Å². The Balaban J connectivity index is 1.23. The first-order valence-corrected chi connectivity index (χ1v) is 14.1. The number of likely N-dealkylation sites (tertiary alicyclic amines) is 1. The monoisotopic (exact) mass is 575 g/mol. The summed E-state index contributed by atoms with van der Waals surface area (Å²) < 4.78 is 15.2. The third kappa shape index (κ3) is 7.39. The third-order valence-electron chi connectivity index (χ3n) is 7.29. The number of rotatable bonds is 12. The van der Waals surface area contributed by atoms with Gasteiger partial charge in [0.25, 0.3) is 6.47 Å². The van der Waals surface area contributed by atoms with Gasteiger partial charge in [-0.15, -0.1) is 0 Å². The highest BCUT2D eigenvalue weighted by Crippen LogP contribution is 2.29.